The molecule has 0 radical (unpaired) electrons. The Hall–Kier alpha value is -1.16. The van der Waals surface area contributed by atoms with E-state index in [2.05, 4.69) is 21.3 Å². The number of nitrogens with one attached hydrogen (secondary N) is 1. The van der Waals surface area contributed by atoms with E-state index >= 15 is 0 Å². The number of ether oxygens (including phenoxy) is 1. The summed E-state index contributed by atoms with van der Waals surface area (Å²) < 4.78 is 5.27. The summed E-state index contributed by atoms with van der Waals surface area (Å²) in [6.07, 6.45) is 0. The summed E-state index contributed by atoms with van der Waals surface area (Å²) in [5.41, 5.74) is 1.69. The van der Waals surface area contributed by atoms with Gasteiger partial charge in [-0.25, -0.2) is 4.98 Å². The van der Waals surface area contributed by atoms with Crippen LogP contribution in [0.3, 0.4) is 0 Å². The number of nitriles is 1. The molecule has 0 amide bonds. The minimum absolute atomic E-state index is 0.655. The van der Waals surface area contributed by atoms with Crippen molar-refractivity contribution in [2.45, 2.75) is 0 Å². The summed E-state index contributed by atoms with van der Waals surface area (Å²) in [4.78, 5) is 7.11. The van der Waals surface area contributed by atoms with Gasteiger partial charge in [-0.3, -0.25) is 4.90 Å². The second kappa shape index (κ2) is 5.80. The average Bonchev–Trinajstić information content (AvgIpc) is 2.78. The maximum atomic E-state index is 8.81. The van der Waals surface area contributed by atoms with E-state index in [0.717, 1.165) is 39.4 Å². The SMILES string of the molecule is N#Cc1scnc1NCCN1CCOCC1. The predicted molar refractivity (Wildman–Crippen MR) is 62.6 cm³/mol. The van der Waals surface area contributed by atoms with Gasteiger partial charge in [-0.05, 0) is 0 Å². The van der Waals surface area contributed by atoms with Crippen LogP contribution in [0.1, 0.15) is 4.88 Å². The largest absolute Gasteiger partial charge is 0.379 e. The van der Waals surface area contributed by atoms with E-state index in [1.807, 2.05) is 0 Å². The van der Waals surface area contributed by atoms with Crippen molar-refractivity contribution in [3.05, 3.63) is 10.4 Å². The zero-order valence-corrected chi connectivity index (χ0v) is 9.79. The van der Waals surface area contributed by atoms with E-state index in [4.69, 9.17) is 10.00 Å². The number of thiazole rings is 1. The summed E-state index contributed by atoms with van der Waals surface area (Å²) in [6, 6.07) is 2.12. The molecule has 16 heavy (non-hydrogen) atoms. The van der Waals surface area contributed by atoms with Crippen LogP contribution < -0.4 is 5.32 Å². The molecular formula is C10H14N4OS. The average molecular weight is 238 g/mol. The number of anilines is 1. The maximum Gasteiger partial charge on any atom is 0.155 e. The van der Waals surface area contributed by atoms with E-state index in [0.29, 0.717) is 10.7 Å². The van der Waals surface area contributed by atoms with Gasteiger partial charge in [0.1, 0.15) is 10.9 Å². The summed E-state index contributed by atoms with van der Waals surface area (Å²) in [5, 5.41) is 12.0. The summed E-state index contributed by atoms with van der Waals surface area (Å²) in [5.74, 6) is 0.709. The molecule has 86 valence electrons. The normalized spacial score (nSPS) is 16.9. The summed E-state index contributed by atoms with van der Waals surface area (Å²) in [6.45, 7) is 5.40. The molecule has 2 heterocycles. The fraction of sp³-hybridized carbons (Fsp3) is 0.600. The van der Waals surface area contributed by atoms with Gasteiger partial charge < -0.3 is 10.1 Å². The van der Waals surface area contributed by atoms with Crippen LogP contribution in [0, 0.1) is 11.3 Å². The van der Waals surface area contributed by atoms with Gasteiger partial charge in [-0.2, -0.15) is 5.26 Å². The van der Waals surface area contributed by atoms with Crippen LogP contribution in [0.25, 0.3) is 0 Å². The lowest BCUT2D eigenvalue weighted by molar-refractivity contribution is 0.0398. The van der Waals surface area contributed by atoms with Crippen molar-refractivity contribution in [3.63, 3.8) is 0 Å². The molecule has 0 aliphatic carbocycles. The molecule has 1 aliphatic heterocycles. The molecule has 2 rings (SSSR count). The number of morpholine rings is 1. The molecule has 1 fully saturated rings. The van der Waals surface area contributed by atoms with Crippen molar-refractivity contribution < 1.29 is 4.74 Å². The lowest BCUT2D eigenvalue weighted by Crippen LogP contribution is -2.39. The van der Waals surface area contributed by atoms with Crippen LogP contribution >= 0.6 is 11.3 Å². The molecule has 0 atom stereocenters. The second-order valence-electron chi connectivity index (χ2n) is 3.52. The quantitative estimate of drug-likeness (QED) is 0.839. The fourth-order valence-electron chi connectivity index (χ4n) is 1.61. The van der Waals surface area contributed by atoms with Gasteiger partial charge in [0.2, 0.25) is 0 Å². The summed E-state index contributed by atoms with van der Waals surface area (Å²) in [7, 11) is 0. The Labute approximate surface area is 98.7 Å². The van der Waals surface area contributed by atoms with E-state index in [1.165, 1.54) is 11.3 Å². The first-order valence-corrected chi connectivity index (χ1v) is 6.15. The first-order chi connectivity index (χ1) is 7.90. The Bertz CT molecular complexity index is 367. The third-order valence-electron chi connectivity index (χ3n) is 2.49. The van der Waals surface area contributed by atoms with Gasteiger partial charge in [-0.15, -0.1) is 11.3 Å². The van der Waals surface area contributed by atoms with Crippen molar-refractivity contribution in [1.82, 2.24) is 9.88 Å². The number of hydrogen-bond acceptors (Lipinski definition) is 6. The first-order valence-electron chi connectivity index (χ1n) is 5.27. The molecule has 1 saturated heterocycles. The molecule has 1 N–H and O–H groups in total. The molecule has 0 saturated carbocycles. The molecule has 1 aromatic rings. The minimum atomic E-state index is 0.655. The third kappa shape index (κ3) is 2.92. The van der Waals surface area contributed by atoms with Crippen LogP contribution in [0.2, 0.25) is 0 Å². The van der Waals surface area contributed by atoms with Gasteiger partial charge in [-0.1, -0.05) is 0 Å². The van der Waals surface area contributed by atoms with Crippen molar-refractivity contribution in [3.8, 4) is 6.07 Å². The molecule has 1 aliphatic rings. The van der Waals surface area contributed by atoms with E-state index < -0.39 is 0 Å². The van der Waals surface area contributed by atoms with Crippen LogP contribution in [0.4, 0.5) is 5.82 Å². The van der Waals surface area contributed by atoms with Gasteiger partial charge in [0.05, 0.1) is 18.7 Å². The highest BCUT2D eigenvalue weighted by atomic mass is 32.1. The maximum absolute atomic E-state index is 8.81. The zero-order valence-electron chi connectivity index (χ0n) is 8.98. The fourth-order valence-corrected chi connectivity index (χ4v) is 2.16. The molecule has 0 spiro atoms. The van der Waals surface area contributed by atoms with Gasteiger partial charge in [0, 0.05) is 26.2 Å². The molecule has 1 aromatic heterocycles. The minimum Gasteiger partial charge on any atom is -0.379 e. The number of aromatic nitrogens is 1. The van der Waals surface area contributed by atoms with Crippen molar-refractivity contribution in [1.29, 1.82) is 5.26 Å². The zero-order chi connectivity index (χ0) is 11.2. The molecule has 5 nitrogen and oxygen atoms in total. The molecular weight excluding hydrogens is 224 g/mol. The Morgan fingerprint density at radius 1 is 1.56 bits per heavy atom. The monoisotopic (exact) mass is 238 g/mol. The Kier molecular flexibility index (Phi) is 4.10. The van der Waals surface area contributed by atoms with E-state index in [-0.39, 0.29) is 0 Å². The van der Waals surface area contributed by atoms with E-state index in [9.17, 15) is 0 Å². The van der Waals surface area contributed by atoms with Gasteiger partial charge in [0.15, 0.2) is 5.82 Å². The van der Waals surface area contributed by atoms with Crippen molar-refractivity contribution >= 4 is 17.2 Å². The molecule has 0 aromatic carbocycles. The number of nitrogens with zero attached hydrogens (tertiary/aromatic N) is 3. The van der Waals surface area contributed by atoms with Crippen LogP contribution in [0.5, 0.6) is 0 Å². The highest BCUT2D eigenvalue weighted by molar-refractivity contribution is 7.10. The van der Waals surface area contributed by atoms with Crippen LogP contribution in [-0.2, 0) is 4.74 Å². The molecule has 6 heteroatoms. The summed E-state index contributed by atoms with van der Waals surface area (Å²) >= 11 is 1.37. The van der Waals surface area contributed by atoms with Crippen molar-refractivity contribution in [2.75, 3.05) is 44.7 Å². The predicted octanol–water partition coefficient (Wildman–Crippen LogP) is 0.759. The number of rotatable bonds is 4. The smallest absolute Gasteiger partial charge is 0.155 e. The van der Waals surface area contributed by atoms with Gasteiger partial charge in [0.25, 0.3) is 0 Å². The lowest BCUT2D eigenvalue weighted by atomic mass is 10.4. The second-order valence-corrected chi connectivity index (χ2v) is 4.38. The van der Waals surface area contributed by atoms with Crippen LogP contribution in [0.15, 0.2) is 5.51 Å². The topological polar surface area (TPSA) is 61.2 Å². The Morgan fingerprint density at radius 3 is 3.12 bits per heavy atom. The van der Waals surface area contributed by atoms with E-state index in [1.54, 1.807) is 5.51 Å². The highest BCUT2D eigenvalue weighted by Gasteiger charge is 2.10. The van der Waals surface area contributed by atoms with Gasteiger partial charge >= 0.3 is 0 Å². The lowest BCUT2D eigenvalue weighted by Gasteiger charge is -2.26. The number of hydrogen-bond donors (Lipinski definition) is 1. The molecule has 0 unspecified atom stereocenters. The standard InChI is InChI=1S/C10H14N4OS/c11-7-9-10(13-8-16-9)12-1-2-14-3-5-15-6-4-14/h8,12H,1-6H2. The highest BCUT2D eigenvalue weighted by Crippen LogP contribution is 2.16. The molecule has 0 bridgehead atoms. The third-order valence-corrected chi connectivity index (χ3v) is 3.22. The first kappa shape index (κ1) is 11.3. The Balaban J connectivity index is 1.73. The Morgan fingerprint density at radius 2 is 2.38 bits per heavy atom. The van der Waals surface area contributed by atoms with Crippen LogP contribution in [-0.4, -0.2) is 49.3 Å². The van der Waals surface area contributed by atoms with Crippen molar-refractivity contribution in [2.24, 2.45) is 0 Å².